The number of halogens is 1. The lowest BCUT2D eigenvalue weighted by Crippen LogP contribution is -2.42. The van der Waals surface area contributed by atoms with Crippen LogP contribution in [0.2, 0.25) is 0 Å². The van der Waals surface area contributed by atoms with Gasteiger partial charge in [-0.15, -0.1) is 11.3 Å². The second-order valence-corrected chi connectivity index (χ2v) is 12.5. The van der Waals surface area contributed by atoms with Gasteiger partial charge >= 0.3 is 0 Å². The van der Waals surface area contributed by atoms with E-state index in [0.717, 1.165) is 15.7 Å². The summed E-state index contributed by atoms with van der Waals surface area (Å²) in [7, 11) is 3.42. The number of thiazole rings is 1. The number of ether oxygens (including phenoxy) is 2. The minimum absolute atomic E-state index is 0.0339. The molecule has 0 radical (unpaired) electrons. The Hall–Kier alpha value is -3.87. The summed E-state index contributed by atoms with van der Waals surface area (Å²) in [5.74, 6) is 0.356. The predicted octanol–water partition coefficient (Wildman–Crippen LogP) is 6.59. The molecule has 2 aromatic carbocycles. The Morgan fingerprint density at radius 1 is 1.20 bits per heavy atom. The van der Waals surface area contributed by atoms with Crippen LogP contribution in [0.5, 0.6) is 5.75 Å². The maximum atomic E-state index is 14.5. The van der Waals surface area contributed by atoms with E-state index in [9.17, 15) is 9.18 Å². The Bertz CT molecular complexity index is 1710. The molecule has 1 atom stereocenters. The summed E-state index contributed by atoms with van der Waals surface area (Å²) in [6, 6.07) is 11.9. The molecule has 1 amide bonds. The third-order valence-corrected chi connectivity index (χ3v) is 8.73. The number of nitrogens with zero attached hydrogens (tertiary/aromatic N) is 4. The fraction of sp³-hybridized carbons (Fsp3) is 0.276. The zero-order valence-corrected chi connectivity index (χ0v) is 24.7. The topological polar surface area (TPSA) is 94.7 Å². The first-order chi connectivity index (χ1) is 19.6. The van der Waals surface area contributed by atoms with Crippen molar-refractivity contribution in [3.05, 3.63) is 71.1 Å². The van der Waals surface area contributed by atoms with Gasteiger partial charge in [-0.05, 0) is 50.7 Å². The molecule has 1 aliphatic rings. The van der Waals surface area contributed by atoms with Gasteiger partial charge < -0.3 is 18.8 Å². The van der Waals surface area contributed by atoms with E-state index in [1.807, 2.05) is 50.4 Å². The molecule has 0 saturated heterocycles. The third kappa shape index (κ3) is 5.42. The summed E-state index contributed by atoms with van der Waals surface area (Å²) in [6.07, 6.45) is 1.80. The Morgan fingerprint density at radius 2 is 1.98 bits per heavy atom. The van der Waals surface area contributed by atoms with Crippen LogP contribution in [0.3, 0.4) is 0 Å². The monoisotopic (exact) mass is 593 g/mol. The normalized spacial score (nSPS) is 14.7. The van der Waals surface area contributed by atoms with Crippen LogP contribution in [0.25, 0.3) is 33.0 Å². The highest BCUT2D eigenvalue weighted by molar-refractivity contribution is 7.99. The molecule has 1 aliphatic heterocycles. The number of methoxy groups -OCH3 is 1. The quantitative estimate of drug-likeness (QED) is 0.226. The molecule has 0 bridgehead atoms. The molecule has 212 valence electrons. The first kappa shape index (κ1) is 27.3. The zero-order valence-electron chi connectivity index (χ0n) is 23.1. The average molecular weight is 594 g/mol. The first-order valence-corrected chi connectivity index (χ1v) is 14.6. The van der Waals surface area contributed by atoms with Crippen LogP contribution in [0, 0.1) is 5.82 Å². The largest absolute Gasteiger partial charge is 0.486 e. The maximum Gasteiger partial charge on any atom is 0.254 e. The molecule has 5 aromatic rings. The van der Waals surface area contributed by atoms with Crippen LogP contribution < -0.4 is 10.2 Å². The van der Waals surface area contributed by atoms with Gasteiger partial charge in [-0.25, -0.2) is 19.0 Å². The standard InChI is InChI=1S/C29H28FN5O4S2/c1-29(2,3)34(4)26(36)17-8-6-16(7-9-17)25-31-19(15-40-25)14-38-22-10-18(30)11-23-20(22)12-24(39-23)21-13-35-27(32-21)41-28(33-35)37-5/h6-13,15,28,33H,14H2,1-5H3. The van der Waals surface area contributed by atoms with Gasteiger partial charge in [0, 0.05) is 48.3 Å². The molecule has 12 heteroatoms. The van der Waals surface area contributed by atoms with E-state index >= 15 is 0 Å². The fourth-order valence-corrected chi connectivity index (χ4v) is 5.86. The molecule has 0 fully saturated rings. The van der Waals surface area contributed by atoms with E-state index in [4.69, 9.17) is 13.9 Å². The number of furan rings is 1. The number of rotatable bonds is 7. The molecule has 1 unspecified atom stereocenters. The molecule has 0 aliphatic carbocycles. The van der Waals surface area contributed by atoms with Crippen molar-refractivity contribution in [2.75, 3.05) is 19.6 Å². The van der Waals surface area contributed by atoms with E-state index in [1.165, 1.54) is 35.2 Å². The van der Waals surface area contributed by atoms with Gasteiger partial charge in [0.1, 0.15) is 34.5 Å². The van der Waals surface area contributed by atoms with Crippen molar-refractivity contribution in [2.24, 2.45) is 0 Å². The Labute approximate surface area is 244 Å². The van der Waals surface area contributed by atoms with Gasteiger partial charge in [-0.1, -0.05) is 12.1 Å². The average Bonchev–Trinajstić information content (AvgIpc) is 3.73. The molecule has 3 aromatic heterocycles. The van der Waals surface area contributed by atoms with Gasteiger partial charge in [0.05, 0.1) is 17.3 Å². The molecule has 4 heterocycles. The van der Waals surface area contributed by atoms with E-state index < -0.39 is 5.82 Å². The number of carbonyl (C=O) groups excluding carboxylic acids is 1. The minimum Gasteiger partial charge on any atom is -0.486 e. The maximum absolute atomic E-state index is 14.5. The number of benzene rings is 2. The molecular weight excluding hydrogens is 565 g/mol. The lowest BCUT2D eigenvalue weighted by Gasteiger charge is -2.32. The van der Waals surface area contributed by atoms with E-state index in [2.05, 4.69) is 15.4 Å². The number of imidazole rings is 1. The van der Waals surface area contributed by atoms with Crippen LogP contribution >= 0.6 is 23.1 Å². The van der Waals surface area contributed by atoms with E-state index in [1.54, 1.807) is 36.0 Å². The first-order valence-electron chi connectivity index (χ1n) is 12.8. The summed E-state index contributed by atoms with van der Waals surface area (Å²) < 4.78 is 33.5. The number of aromatic nitrogens is 3. The van der Waals surface area contributed by atoms with Crippen LogP contribution in [-0.2, 0) is 11.3 Å². The second-order valence-electron chi connectivity index (χ2n) is 10.6. The summed E-state index contributed by atoms with van der Waals surface area (Å²) in [4.78, 5) is 23.8. The SMILES string of the molecule is COC1Nn2cc(-c3cc4c(OCc5csc(-c6ccc(C(=O)N(C)C(C)(C)C)cc6)n5)cc(F)cc4o3)nc2S1. The van der Waals surface area contributed by atoms with Gasteiger partial charge in [0.15, 0.2) is 16.5 Å². The van der Waals surface area contributed by atoms with Crippen molar-refractivity contribution in [2.45, 2.75) is 43.6 Å². The van der Waals surface area contributed by atoms with Crippen LogP contribution in [-0.4, -0.2) is 50.7 Å². The van der Waals surface area contributed by atoms with Crippen LogP contribution in [0.15, 0.2) is 63.6 Å². The van der Waals surface area contributed by atoms with Crippen molar-refractivity contribution in [3.63, 3.8) is 0 Å². The Balaban J connectivity index is 1.17. The number of thioether (sulfide) groups is 1. The van der Waals surface area contributed by atoms with Gasteiger partial charge in [0.2, 0.25) is 0 Å². The van der Waals surface area contributed by atoms with Crippen LogP contribution in [0.1, 0.15) is 36.8 Å². The second kappa shape index (κ2) is 10.5. The number of hydrogen-bond donors (Lipinski definition) is 1. The lowest BCUT2D eigenvalue weighted by atomic mass is 10.0. The molecule has 0 spiro atoms. The van der Waals surface area contributed by atoms with Crippen molar-refractivity contribution in [1.29, 1.82) is 0 Å². The molecule has 41 heavy (non-hydrogen) atoms. The molecule has 0 saturated carbocycles. The van der Waals surface area contributed by atoms with Crippen molar-refractivity contribution in [3.8, 4) is 27.8 Å². The number of amides is 1. The van der Waals surface area contributed by atoms with Gasteiger partial charge in [-0.2, -0.15) is 0 Å². The fourth-order valence-electron chi connectivity index (χ4n) is 4.23. The van der Waals surface area contributed by atoms with Crippen molar-refractivity contribution >= 4 is 40.0 Å². The zero-order chi connectivity index (χ0) is 28.9. The number of hydrogen-bond acceptors (Lipinski definition) is 9. The Kier molecular flexibility index (Phi) is 7.00. The predicted molar refractivity (Wildman–Crippen MR) is 157 cm³/mol. The van der Waals surface area contributed by atoms with Gasteiger partial charge in [0.25, 0.3) is 5.91 Å². The van der Waals surface area contributed by atoms with E-state index in [-0.39, 0.29) is 23.6 Å². The number of fused-ring (bicyclic) bond motifs is 2. The minimum atomic E-state index is -0.466. The molecule has 6 rings (SSSR count). The van der Waals surface area contributed by atoms with Gasteiger partial charge in [-0.3, -0.25) is 10.2 Å². The smallest absolute Gasteiger partial charge is 0.254 e. The highest BCUT2D eigenvalue weighted by Crippen LogP contribution is 2.37. The van der Waals surface area contributed by atoms with Crippen molar-refractivity contribution < 1.29 is 23.1 Å². The highest BCUT2D eigenvalue weighted by Gasteiger charge is 2.26. The summed E-state index contributed by atoms with van der Waals surface area (Å²) in [6.45, 7) is 6.15. The lowest BCUT2D eigenvalue weighted by molar-refractivity contribution is 0.0656. The summed E-state index contributed by atoms with van der Waals surface area (Å²) >= 11 is 2.92. The highest BCUT2D eigenvalue weighted by atomic mass is 32.2. The van der Waals surface area contributed by atoms with Crippen molar-refractivity contribution in [1.82, 2.24) is 19.5 Å². The number of carbonyl (C=O) groups is 1. The Morgan fingerprint density at radius 3 is 2.68 bits per heavy atom. The molecular formula is C29H28FN5O4S2. The molecule has 1 N–H and O–H groups in total. The van der Waals surface area contributed by atoms with E-state index in [0.29, 0.717) is 39.4 Å². The number of nitrogens with one attached hydrogen (secondary N) is 1. The third-order valence-electron chi connectivity index (χ3n) is 6.78. The summed E-state index contributed by atoms with van der Waals surface area (Å²) in [5, 5.41) is 4.09. The summed E-state index contributed by atoms with van der Waals surface area (Å²) in [5.41, 5.74) is 5.88. The molecule has 9 nitrogen and oxygen atoms in total. The van der Waals surface area contributed by atoms with Crippen LogP contribution in [0.4, 0.5) is 4.39 Å².